The zero-order valence-corrected chi connectivity index (χ0v) is 20.1. The summed E-state index contributed by atoms with van der Waals surface area (Å²) in [5, 5.41) is 6.74. The number of aliphatic imine (C=N–C) groups is 1. The van der Waals surface area contributed by atoms with E-state index in [1.54, 1.807) is 14.2 Å². The Morgan fingerprint density at radius 1 is 1.07 bits per heavy atom. The molecule has 7 heteroatoms. The molecule has 6 nitrogen and oxygen atoms in total. The van der Waals surface area contributed by atoms with Crippen LogP contribution in [-0.4, -0.2) is 64.3 Å². The lowest BCUT2D eigenvalue weighted by Crippen LogP contribution is -2.47. The first kappa shape index (κ1) is 25.8. The van der Waals surface area contributed by atoms with Crippen LogP contribution in [-0.2, 0) is 0 Å². The number of rotatable bonds is 10. The summed E-state index contributed by atoms with van der Waals surface area (Å²) < 4.78 is 11.3. The third-order valence-corrected chi connectivity index (χ3v) is 4.16. The van der Waals surface area contributed by atoms with E-state index in [2.05, 4.69) is 48.5 Å². The molecule has 1 rings (SSSR count). The highest BCUT2D eigenvalue weighted by Crippen LogP contribution is 2.26. The second-order valence-electron chi connectivity index (χ2n) is 7.16. The Labute approximate surface area is 182 Å². The Bertz CT molecular complexity index is 553. The maximum atomic E-state index is 5.97. The molecule has 156 valence electrons. The molecule has 2 N–H and O–H groups in total. The van der Waals surface area contributed by atoms with Crippen LogP contribution < -0.4 is 20.1 Å². The summed E-state index contributed by atoms with van der Waals surface area (Å²) in [6, 6.07) is 8.14. The molecule has 0 saturated carbocycles. The van der Waals surface area contributed by atoms with E-state index in [4.69, 9.17) is 9.47 Å². The number of para-hydroxylation sites is 2. The lowest BCUT2D eigenvalue weighted by atomic mass is 10.0. The highest BCUT2D eigenvalue weighted by atomic mass is 127. The standard InChI is InChI=1S/C20H36N4O2.HI/c1-15(2)12-17(24(5)6)14-23-20(21-4)22-13-16(3)26-19-11-9-8-10-18(19)25-7;/h8-11,15-17H,12-14H2,1-7H3,(H2,21,22,23);1H. The van der Waals surface area contributed by atoms with Crippen LogP contribution in [0, 0.1) is 5.92 Å². The Kier molecular flexibility index (Phi) is 13.2. The highest BCUT2D eigenvalue weighted by molar-refractivity contribution is 14.0. The zero-order valence-electron chi connectivity index (χ0n) is 17.8. The first-order valence-electron chi connectivity index (χ1n) is 9.28. The van der Waals surface area contributed by atoms with Gasteiger partial charge in [0.1, 0.15) is 6.10 Å². The van der Waals surface area contributed by atoms with E-state index in [1.807, 2.05) is 31.2 Å². The normalized spacial score (nSPS) is 13.7. The minimum Gasteiger partial charge on any atom is -0.493 e. The maximum absolute atomic E-state index is 5.97. The van der Waals surface area contributed by atoms with Gasteiger partial charge in [0.15, 0.2) is 17.5 Å². The van der Waals surface area contributed by atoms with Crippen LogP contribution in [0.1, 0.15) is 27.2 Å². The first-order valence-corrected chi connectivity index (χ1v) is 9.28. The van der Waals surface area contributed by atoms with Crippen molar-refractivity contribution in [1.82, 2.24) is 15.5 Å². The molecule has 2 atom stereocenters. The number of nitrogens with zero attached hydrogens (tertiary/aromatic N) is 2. The van der Waals surface area contributed by atoms with Crippen molar-refractivity contribution in [3.63, 3.8) is 0 Å². The fourth-order valence-corrected chi connectivity index (χ4v) is 2.67. The van der Waals surface area contributed by atoms with Crippen molar-refractivity contribution >= 4 is 29.9 Å². The third-order valence-electron chi connectivity index (χ3n) is 4.16. The van der Waals surface area contributed by atoms with Crippen LogP contribution >= 0.6 is 24.0 Å². The summed E-state index contributed by atoms with van der Waals surface area (Å²) in [5.74, 6) is 2.94. The molecular formula is C20H37IN4O2. The predicted molar refractivity (Wildman–Crippen MR) is 125 cm³/mol. The summed E-state index contributed by atoms with van der Waals surface area (Å²) >= 11 is 0. The van der Waals surface area contributed by atoms with Crippen molar-refractivity contribution in [3.05, 3.63) is 24.3 Å². The van der Waals surface area contributed by atoms with Gasteiger partial charge in [0.05, 0.1) is 13.7 Å². The van der Waals surface area contributed by atoms with Gasteiger partial charge in [-0.2, -0.15) is 0 Å². The molecule has 0 fully saturated rings. The topological polar surface area (TPSA) is 58.1 Å². The van der Waals surface area contributed by atoms with E-state index < -0.39 is 0 Å². The van der Waals surface area contributed by atoms with Gasteiger partial charge in [0.2, 0.25) is 0 Å². The molecule has 0 bridgehead atoms. The van der Waals surface area contributed by atoms with Crippen LogP contribution in [0.5, 0.6) is 11.5 Å². The van der Waals surface area contributed by atoms with E-state index in [0.717, 1.165) is 30.4 Å². The summed E-state index contributed by atoms with van der Waals surface area (Å²) in [7, 11) is 7.67. The van der Waals surface area contributed by atoms with Crippen molar-refractivity contribution in [2.75, 3.05) is 41.3 Å². The van der Waals surface area contributed by atoms with Gasteiger partial charge >= 0.3 is 0 Å². The molecule has 0 aliphatic carbocycles. The van der Waals surface area contributed by atoms with Crippen LogP contribution in [0.4, 0.5) is 0 Å². The molecule has 0 aliphatic heterocycles. The number of halogens is 1. The van der Waals surface area contributed by atoms with Crippen LogP contribution in [0.25, 0.3) is 0 Å². The van der Waals surface area contributed by atoms with E-state index in [-0.39, 0.29) is 30.1 Å². The molecule has 0 radical (unpaired) electrons. The van der Waals surface area contributed by atoms with Gasteiger partial charge in [0, 0.05) is 19.6 Å². The number of benzene rings is 1. The number of nitrogens with one attached hydrogen (secondary N) is 2. The number of guanidine groups is 1. The number of methoxy groups -OCH3 is 1. The first-order chi connectivity index (χ1) is 12.4. The second kappa shape index (κ2) is 13.9. The van der Waals surface area contributed by atoms with Crippen molar-refractivity contribution in [1.29, 1.82) is 0 Å². The number of ether oxygens (including phenoxy) is 2. The Morgan fingerprint density at radius 2 is 1.67 bits per heavy atom. The minimum atomic E-state index is -0.0230. The molecular weight excluding hydrogens is 455 g/mol. The van der Waals surface area contributed by atoms with Crippen molar-refractivity contribution in [3.8, 4) is 11.5 Å². The van der Waals surface area contributed by atoms with Gasteiger partial charge in [0.25, 0.3) is 0 Å². The molecule has 0 spiro atoms. The maximum Gasteiger partial charge on any atom is 0.191 e. The van der Waals surface area contributed by atoms with E-state index in [9.17, 15) is 0 Å². The molecule has 27 heavy (non-hydrogen) atoms. The number of likely N-dealkylation sites (N-methyl/N-ethyl adjacent to an activating group) is 1. The predicted octanol–water partition coefficient (Wildman–Crippen LogP) is 3.22. The molecule has 0 heterocycles. The highest BCUT2D eigenvalue weighted by Gasteiger charge is 2.14. The molecule has 1 aromatic carbocycles. The average Bonchev–Trinajstić information content (AvgIpc) is 2.60. The van der Waals surface area contributed by atoms with Crippen LogP contribution in [0.15, 0.2) is 29.3 Å². The van der Waals surface area contributed by atoms with Gasteiger partial charge in [-0.15, -0.1) is 24.0 Å². The zero-order chi connectivity index (χ0) is 19.5. The largest absolute Gasteiger partial charge is 0.493 e. The van der Waals surface area contributed by atoms with Crippen molar-refractivity contribution in [2.45, 2.75) is 39.3 Å². The van der Waals surface area contributed by atoms with Crippen molar-refractivity contribution < 1.29 is 9.47 Å². The monoisotopic (exact) mass is 492 g/mol. The third kappa shape index (κ3) is 10.0. The molecule has 2 unspecified atom stereocenters. The van der Waals surface area contributed by atoms with E-state index >= 15 is 0 Å². The van der Waals surface area contributed by atoms with Gasteiger partial charge in [-0.3, -0.25) is 4.99 Å². The summed E-state index contributed by atoms with van der Waals surface area (Å²) in [5.41, 5.74) is 0. The van der Waals surface area contributed by atoms with E-state index in [0.29, 0.717) is 18.5 Å². The molecule has 0 amide bonds. The second-order valence-corrected chi connectivity index (χ2v) is 7.16. The summed E-state index contributed by atoms with van der Waals surface area (Å²) in [6.07, 6.45) is 1.12. The van der Waals surface area contributed by atoms with Crippen LogP contribution in [0.3, 0.4) is 0 Å². The SMILES string of the molecule is CN=C(NCC(C)Oc1ccccc1OC)NCC(CC(C)C)N(C)C.I. The molecule has 1 aromatic rings. The van der Waals surface area contributed by atoms with E-state index in [1.165, 1.54) is 0 Å². The van der Waals surface area contributed by atoms with Gasteiger partial charge in [-0.25, -0.2) is 0 Å². The van der Waals surface area contributed by atoms with Crippen LogP contribution in [0.2, 0.25) is 0 Å². The molecule has 0 aliphatic rings. The van der Waals surface area contributed by atoms with Crippen molar-refractivity contribution in [2.24, 2.45) is 10.9 Å². The quantitative estimate of drug-likeness (QED) is 0.299. The van der Waals surface area contributed by atoms with Gasteiger partial charge < -0.3 is 25.0 Å². The lowest BCUT2D eigenvalue weighted by Gasteiger charge is -2.27. The molecule has 0 aromatic heterocycles. The Balaban J connectivity index is 0.00000676. The Morgan fingerprint density at radius 3 is 2.19 bits per heavy atom. The fraction of sp³-hybridized carbons (Fsp3) is 0.650. The lowest BCUT2D eigenvalue weighted by molar-refractivity contribution is 0.213. The average molecular weight is 492 g/mol. The fourth-order valence-electron chi connectivity index (χ4n) is 2.67. The Hall–Kier alpha value is -1.22. The summed E-state index contributed by atoms with van der Waals surface area (Å²) in [4.78, 5) is 6.56. The minimum absolute atomic E-state index is 0. The summed E-state index contributed by atoms with van der Waals surface area (Å²) in [6.45, 7) is 8.02. The smallest absolute Gasteiger partial charge is 0.191 e. The van der Waals surface area contributed by atoms with Gasteiger partial charge in [-0.05, 0) is 45.5 Å². The number of hydrogen-bond acceptors (Lipinski definition) is 4. The van der Waals surface area contributed by atoms with Gasteiger partial charge in [-0.1, -0.05) is 26.0 Å². The number of hydrogen-bond donors (Lipinski definition) is 2. The molecule has 0 saturated heterocycles.